The van der Waals surface area contributed by atoms with Gasteiger partial charge in [0.25, 0.3) is 0 Å². The molecular weight excluding hydrogens is 300 g/mol. The topological polar surface area (TPSA) is 62.9 Å². The number of benzene rings is 1. The van der Waals surface area contributed by atoms with E-state index in [0.29, 0.717) is 17.5 Å². The molecule has 0 radical (unpaired) electrons. The Hall–Kier alpha value is -2.16. The first-order valence-electron chi connectivity index (χ1n) is 8.55. The highest BCUT2D eigenvalue weighted by Crippen LogP contribution is 2.24. The molecule has 1 aliphatic heterocycles. The van der Waals surface area contributed by atoms with Crippen molar-refractivity contribution < 1.29 is 4.74 Å². The molecule has 0 bridgehead atoms. The van der Waals surface area contributed by atoms with E-state index in [9.17, 15) is 0 Å². The maximum atomic E-state index is 8.94. The lowest BCUT2D eigenvalue weighted by atomic mass is 9.96. The largest absolute Gasteiger partial charge is 0.381 e. The molecule has 2 aromatic rings. The minimum Gasteiger partial charge on any atom is -0.381 e. The zero-order valence-electron chi connectivity index (χ0n) is 14.3. The van der Waals surface area contributed by atoms with Crippen LogP contribution in [0, 0.1) is 17.2 Å². The van der Waals surface area contributed by atoms with E-state index in [4.69, 9.17) is 10.00 Å². The number of ether oxygens (including phenoxy) is 1. The van der Waals surface area contributed by atoms with E-state index in [-0.39, 0.29) is 0 Å². The fourth-order valence-corrected chi connectivity index (χ4v) is 3.37. The first-order valence-corrected chi connectivity index (χ1v) is 8.55. The van der Waals surface area contributed by atoms with E-state index in [0.717, 1.165) is 43.9 Å². The summed E-state index contributed by atoms with van der Waals surface area (Å²) in [6, 6.07) is 10.2. The number of rotatable bonds is 6. The van der Waals surface area contributed by atoms with Gasteiger partial charge in [0, 0.05) is 43.6 Å². The van der Waals surface area contributed by atoms with Crippen LogP contribution >= 0.6 is 0 Å². The molecule has 0 amide bonds. The monoisotopic (exact) mass is 324 g/mol. The van der Waals surface area contributed by atoms with E-state index in [1.54, 1.807) is 0 Å². The fraction of sp³-hybridized carbons (Fsp3) is 0.474. The molecule has 1 aliphatic rings. The predicted octanol–water partition coefficient (Wildman–Crippen LogP) is 2.86. The van der Waals surface area contributed by atoms with Gasteiger partial charge in [0.15, 0.2) is 0 Å². The normalized spacial score (nSPS) is 18.5. The Labute approximate surface area is 143 Å². The lowest BCUT2D eigenvalue weighted by Gasteiger charge is -2.22. The Morgan fingerprint density at radius 1 is 1.42 bits per heavy atom. The van der Waals surface area contributed by atoms with E-state index in [2.05, 4.69) is 29.6 Å². The van der Waals surface area contributed by atoms with E-state index >= 15 is 0 Å². The number of nitriles is 1. The predicted molar refractivity (Wildman–Crippen MR) is 93.2 cm³/mol. The summed E-state index contributed by atoms with van der Waals surface area (Å²) < 4.78 is 7.38. The molecule has 1 aromatic carbocycles. The van der Waals surface area contributed by atoms with Crippen molar-refractivity contribution in [2.24, 2.45) is 13.0 Å². The molecule has 0 unspecified atom stereocenters. The van der Waals surface area contributed by atoms with Crippen LogP contribution < -0.4 is 5.32 Å². The minimum atomic E-state index is 0.474. The molecule has 0 aliphatic carbocycles. The van der Waals surface area contributed by atoms with E-state index < -0.39 is 0 Å². The summed E-state index contributed by atoms with van der Waals surface area (Å²) in [7, 11) is 1.94. The van der Waals surface area contributed by atoms with Gasteiger partial charge in [-0.25, -0.2) is 0 Å². The van der Waals surface area contributed by atoms with Crippen molar-refractivity contribution in [3.8, 4) is 17.3 Å². The zero-order chi connectivity index (χ0) is 16.9. The molecule has 2 heterocycles. The van der Waals surface area contributed by atoms with Crippen molar-refractivity contribution in [1.82, 2.24) is 15.1 Å². The highest BCUT2D eigenvalue weighted by atomic mass is 16.5. The summed E-state index contributed by atoms with van der Waals surface area (Å²) in [4.78, 5) is 0. The average Bonchev–Trinajstić information content (AvgIpc) is 3.26. The number of hydrogen-bond donors (Lipinski definition) is 1. The third-order valence-corrected chi connectivity index (χ3v) is 4.72. The van der Waals surface area contributed by atoms with E-state index in [1.165, 1.54) is 5.56 Å². The minimum absolute atomic E-state index is 0.474. The Kier molecular flexibility index (Phi) is 5.29. The smallest absolute Gasteiger partial charge is 0.0991 e. The number of aryl methyl sites for hydroxylation is 1. The van der Waals surface area contributed by atoms with Crippen molar-refractivity contribution in [3.05, 3.63) is 41.6 Å². The molecule has 0 saturated carbocycles. The average molecular weight is 324 g/mol. The Bertz CT molecular complexity index is 708. The van der Waals surface area contributed by atoms with Crippen molar-refractivity contribution >= 4 is 0 Å². The van der Waals surface area contributed by atoms with Crippen LogP contribution in [0.3, 0.4) is 0 Å². The molecule has 1 fully saturated rings. The second-order valence-corrected chi connectivity index (χ2v) is 6.39. The molecule has 5 nitrogen and oxygen atoms in total. The van der Waals surface area contributed by atoms with Crippen LogP contribution in [0.25, 0.3) is 11.3 Å². The van der Waals surface area contributed by atoms with Crippen molar-refractivity contribution in [2.45, 2.75) is 32.4 Å². The fourth-order valence-electron chi connectivity index (χ4n) is 3.37. The van der Waals surface area contributed by atoms with Gasteiger partial charge in [-0.05, 0) is 30.9 Å². The van der Waals surface area contributed by atoms with Crippen LogP contribution in [0.4, 0.5) is 0 Å². The lowest BCUT2D eigenvalue weighted by molar-refractivity contribution is 0.175. The number of aromatic nitrogens is 2. The van der Waals surface area contributed by atoms with Crippen LogP contribution in [-0.4, -0.2) is 29.0 Å². The molecular formula is C19H24N4O. The second-order valence-electron chi connectivity index (χ2n) is 6.39. The summed E-state index contributed by atoms with van der Waals surface area (Å²) in [5.74, 6) is 0.602. The summed E-state index contributed by atoms with van der Waals surface area (Å²) in [6.45, 7) is 4.76. The lowest BCUT2D eigenvalue weighted by Crippen LogP contribution is -2.35. The molecule has 126 valence electrons. The first-order chi connectivity index (χ1) is 11.7. The van der Waals surface area contributed by atoms with Gasteiger partial charge < -0.3 is 10.1 Å². The SMILES string of the molecule is CC[C@@H](NCc1cn(C)nc1-c1ccc(C#N)cc1)[C@H]1CCOC1. The maximum Gasteiger partial charge on any atom is 0.0991 e. The van der Waals surface area contributed by atoms with Gasteiger partial charge in [-0.2, -0.15) is 10.4 Å². The molecule has 1 saturated heterocycles. The Balaban J connectivity index is 1.74. The van der Waals surface area contributed by atoms with Gasteiger partial charge in [-0.15, -0.1) is 0 Å². The molecule has 3 rings (SSSR count). The maximum absolute atomic E-state index is 8.94. The van der Waals surface area contributed by atoms with Crippen LogP contribution in [0.1, 0.15) is 30.9 Å². The summed E-state index contributed by atoms with van der Waals surface area (Å²) in [6.07, 6.45) is 4.31. The highest BCUT2D eigenvalue weighted by molar-refractivity contribution is 5.63. The van der Waals surface area contributed by atoms with Crippen LogP contribution in [0.2, 0.25) is 0 Å². The highest BCUT2D eigenvalue weighted by Gasteiger charge is 2.24. The van der Waals surface area contributed by atoms with Gasteiger partial charge in [-0.3, -0.25) is 4.68 Å². The van der Waals surface area contributed by atoms with Crippen LogP contribution in [-0.2, 0) is 18.3 Å². The van der Waals surface area contributed by atoms with Crippen molar-refractivity contribution in [3.63, 3.8) is 0 Å². The van der Waals surface area contributed by atoms with Gasteiger partial charge in [0.1, 0.15) is 0 Å². The summed E-state index contributed by atoms with van der Waals surface area (Å²) in [5.41, 5.74) is 3.87. The molecule has 1 aromatic heterocycles. The molecule has 24 heavy (non-hydrogen) atoms. The molecule has 1 N–H and O–H groups in total. The molecule has 0 spiro atoms. The Morgan fingerprint density at radius 3 is 2.83 bits per heavy atom. The quantitative estimate of drug-likeness (QED) is 0.887. The summed E-state index contributed by atoms with van der Waals surface area (Å²) >= 11 is 0. The van der Waals surface area contributed by atoms with Crippen molar-refractivity contribution in [1.29, 1.82) is 5.26 Å². The zero-order valence-corrected chi connectivity index (χ0v) is 14.3. The first kappa shape index (κ1) is 16.7. The van der Waals surface area contributed by atoms with Gasteiger partial charge in [-0.1, -0.05) is 19.1 Å². The van der Waals surface area contributed by atoms with Crippen LogP contribution in [0.15, 0.2) is 30.5 Å². The van der Waals surface area contributed by atoms with Crippen LogP contribution in [0.5, 0.6) is 0 Å². The van der Waals surface area contributed by atoms with Gasteiger partial charge >= 0.3 is 0 Å². The molecule has 2 atom stereocenters. The standard InChI is InChI=1S/C19H24N4O/c1-3-18(16-8-9-24-13-16)21-11-17-12-23(2)22-19(17)15-6-4-14(10-20)5-7-15/h4-7,12,16,18,21H,3,8-9,11,13H2,1-2H3/t16-,18+/m0/s1. The molecule has 5 heteroatoms. The Morgan fingerprint density at radius 2 is 2.21 bits per heavy atom. The van der Waals surface area contributed by atoms with Crippen molar-refractivity contribution in [2.75, 3.05) is 13.2 Å². The summed E-state index contributed by atoms with van der Waals surface area (Å²) in [5, 5.41) is 17.2. The number of nitrogens with zero attached hydrogens (tertiary/aromatic N) is 3. The number of hydrogen-bond acceptors (Lipinski definition) is 4. The number of nitrogens with one attached hydrogen (secondary N) is 1. The van der Waals surface area contributed by atoms with Gasteiger partial charge in [0.2, 0.25) is 0 Å². The third kappa shape index (κ3) is 3.66. The second kappa shape index (κ2) is 7.61. The third-order valence-electron chi connectivity index (χ3n) is 4.72. The van der Waals surface area contributed by atoms with Gasteiger partial charge in [0.05, 0.1) is 23.9 Å². The van der Waals surface area contributed by atoms with E-state index in [1.807, 2.05) is 36.0 Å².